The van der Waals surface area contributed by atoms with Crippen LogP contribution in [0.25, 0.3) is 10.9 Å². The highest BCUT2D eigenvalue weighted by atomic mass is 16.5. The van der Waals surface area contributed by atoms with Crippen molar-refractivity contribution >= 4 is 22.7 Å². The number of aliphatic hydroxyl groups is 1. The Bertz CT molecular complexity index is 841. The smallest absolute Gasteiger partial charge is 0.227 e. The Kier molecular flexibility index (Phi) is 6.20. The maximum Gasteiger partial charge on any atom is 0.227 e. The van der Waals surface area contributed by atoms with Gasteiger partial charge in [0.2, 0.25) is 5.95 Å². The number of hydrogen-bond acceptors (Lipinski definition) is 8. The van der Waals surface area contributed by atoms with Gasteiger partial charge in [-0.2, -0.15) is 4.98 Å². The zero-order chi connectivity index (χ0) is 20.2. The third-order valence-corrected chi connectivity index (χ3v) is 5.89. The Morgan fingerprint density at radius 3 is 2.72 bits per heavy atom. The third-order valence-electron chi connectivity index (χ3n) is 5.89. The molecular weight excluding hydrogens is 370 g/mol. The Balaban J connectivity index is 1.75. The van der Waals surface area contributed by atoms with Crippen LogP contribution in [0.15, 0.2) is 12.1 Å². The third kappa shape index (κ3) is 4.33. The van der Waals surface area contributed by atoms with Crippen LogP contribution in [0.1, 0.15) is 25.7 Å². The van der Waals surface area contributed by atoms with Crippen LogP contribution in [-0.2, 0) is 0 Å². The molecule has 29 heavy (non-hydrogen) atoms. The fourth-order valence-electron chi connectivity index (χ4n) is 4.26. The summed E-state index contributed by atoms with van der Waals surface area (Å²) in [6.07, 6.45) is 4.34. The lowest BCUT2D eigenvalue weighted by Gasteiger charge is -2.32. The topological polar surface area (TPSA) is 91.8 Å². The molecule has 3 heterocycles. The maximum atomic E-state index is 9.61. The van der Waals surface area contributed by atoms with E-state index in [9.17, 15) is 5.11 Å². The van der Waals surface area contributed by atoms with Crippen molar-refractivity contribution in [3.05, 3.63) is 12.1 Å². The van der Waals surface area contributed by atoms with Crippen molar-refractivity contribution in [1.82, 2.24) is 15.3 Å². The van der Waals surface area contributed by atoms with Gasteiger partial charge in [-0.25, -0.2) is 4.98 Å². The Labute approximate surface area is 171 Å². The van der Waals surface area contributed by atoms with E-state index in [0.717, 1.165) is 68.6 Å². The molecule has 1 aromatic carbocycles. The second-order valence-corrected chi connectivity index (χ2v) is 7.92. The summed E-state index contributed by atoms with van der Waals surface area (Å²) in [6, 6.07) is 4.19. The van der Waals surface area contributed by atoms with Gasteiger partial charge in [-0.15, -0.1) is 0 Å². The van der Waals surface area contributed by atoms with Gasteiger partial charge in [0.15, 0.2) is 11.5 Å². The van der Waals surface area contributed by atoms with Crippen molar-refractivity contribution in [2.75, 3.05) is 57.2 Å². The van der Waals surface area contributed by atoms with E-state index >= 15 is 0 Å². The number of methoxy groups -OCH3 is 2. The molecule has 1 aromatic heterocycles. The summed E-state index contributed by atoms with van der Waals surface area (Å²) >= 11 is 0. The molecule has 8 heteroatoms. The molecule has 2 aromatic rings. The van der Waals surface area contributed by atoms with Gasteiger partial charge < -0.3 is 30.1 Å². The molecule has 2 aliphatic heterocycles. The van der Waals surface area contributed by atoms with Crippen LogP contribution in [0.3, 0.4) is 0 Å². The summed E-state index contributed by atoms with van der Waals surface area (Å²) < 4.78 is 11.0. The molecule has 2 atom stereocenters. The second-order valence-electron chi connectivity index (χ2n) is 7.92. The highest BCUT2D eigenvalue weighted by Crippen LogP contribution is 2.36. The number of benzene rings is 1. The molecule has 3 N–H and O–H groups in total. The maximum absolute atomic E-state index is 9.61. The number of piperidine rings is 2. The van der Waals surface area contributed by atoms with Crippen molar-refractivity contribution in [2.24, 2.45) is 5.92 Å². The van der Waals surface area contributed by atoms with Gasteiger partial charge in [-0.1, -0.05) is 0 Å². The lowest BCUT2D eigenvalue weighted by Crippen LogP contribution is -2.39. The monoisotopic (exact) mass is 401 g/mol. The van der Waals surface area contributed by atoms with Crippen molar-refractivity contribution in [1.29, 1.82) is 0 Å². The van der Waals surface area contributed by atoms with E-state index in [1.165, 1.54) is 0 Å². The number of nitrogens with zero attached hydrogens (tertiary/aromatic N) is 3. The number of rotatable bonds is 6. The van der Waals surface area contributed by atoms with Gasteiger partial charge in [-0.3, -0.25) is 0 Å². The lowest BCUT2D eigenvalue weighted by molar-refractivity contribution is 0.208. The van der Waals surface area contributed by atoms with Crippen LogP contribution in [0, 0.1) is 5.92 Å². The van der Waals surface area contributed by atoms with Gasteiger partial charge in [-0.05, 0) is 44.2 Å². The van der Waals surface area contributed by atoms with Crippen LogP contribution >= 0.6 is 0 Å². The van der Waals surface area contributed by atoms with Crippen LogP contribution in [0.2, 0.25) is 0 Å². The number of fused-ring (bicyclic) bond motifs is 1. The Hall–Kier alpha value is -2.32. The van der Waals surface area contributed by atoms with Crippen molar-refractivity contribution in [2.45, 2.75) is 31.7 Å². The molecule has 0 spiro atoms. The lowest BCUT2D eigenvalue weighted by atomic mass is 9.99. The first-order chi connectivity index (χ1) is 14.2. The fourth-order valence-corrected chi connectivity index (χ4v) is 4.26. The van der Waals surface area contributed by atoms with E-state index in [2.05, 4.69) is 15.5 Å². The molecule has 4 rings (SSSR count). The van der Waals surface area contributed by atoms with Crippen LogP contribution in [0.4, 0.5) is 11.8 Å². The van der Waals surface area contributed by atoms with Crippen LogP contribution < -0.4 is 25.0 Å². The number of nitrogens with one attached hydrogen (secondary N) is 2. The zero-order valence-electron chi connectivity index (χ0n) is 17.3. The van der Waals surface area contributed by atoms with Crippen molar-refractivity contribution in [3.63, 3.8) is 0 Å². The minimum atomic E-state index is 0.202. The molecule has 1 unspecified atom stereocenters. The average Bonchev–Trinajstić information content (AvgIpc) is 2.78. The largest absolute Gasteiger partial charge is 0.493 e. The van der Waals surface area contributed by atoms with Gasteiger partial charge in [0.05, 0.1) is 19.7 Å². The average molecular weight is 402 g/mol. The normalized spacial score (nSPS) is 22.5. The first kappa shape index (κ1) is 20.0. The van der Waals surface area contributed by atoms with E-state index in [1.54, 1.807) is 14.2 Å². The summed E-state index contributed by atoms with van der Waals surface area (Å²) in [6.45, 7) is 3.87. The van der Waals surface area contributed by atoms with E-state index in [-0.39, 0.29) is 12.5 Å². The van der Waals surface area contributed by atoms with Crippen molar-refractivity contribution in [3.8, 4) is 11.5 Å². The summed E-state index contributed by atoms with van der Waals surface area (Å²) in [5.74, 6) is 3.12. The Morgan fingerprint density at radius 2 is 2.00 bits per heavy atom. The number of aliphatic hydroxyl groups excluding tert-OH is 1. The van der Waals surface area contributed by atoms with Crippen molar-refractivity contribution < 1.29 is 14.6 Å². The molecule has 0 amide bonds. The van der Waals surface area contributed by atoms with E-state index < -0.39 is 0 Å². The minimum absolute atomic E-state index is 0.202. The fraction of sp³-hybridized carbons (Fsp3) is 0.619. The number of aromatic nitrogens is 2. The first-order valence-electron chi connectivity index (χ1n) is 10.5. The van der Waals surface area contributed by atoms with Gasteiger partial charge >= 0.3 is 0 Å². The van der Waals surface area contributed by atoms with Gasteiger partial charge in [0.1, 0.15) is 5.82 Å². The molecular formula is C21H31N5O3. The van der Waals surface area contributed by atoms with E-state index in [1.807, 2.05) is 12.1 Å². The van der Waals surface area contributed by atoms with E-state index in [0.29, 0.717) is 23.5 Å². The predicted octanol–water partition coefficient (Wildman–Crippen LogP) is 2.02. The molecule has 158 valence electrons. The number of ether oxygens (including phenoxy) is 2. The SMILES string of the molecule is COc1cc2nc(N3CCCC(CO)C3)nc(N[C@H]3CCCNC3)c2cc1OC. The summed E-state index contributed by atoms with van der Waals surface area (Å²) in [7, 11) is 3.27. The van der Waals surface area contributed by atoms with E-state index in [4.69, 9.17) is 19.4 Å². The predicted molar refractivity (Wildman–Crippen MR) is 114 cm³/mol. The standard InChI is InChI=1S/C21H31N5O3/c1-28-18-9-16-17(10-19(18)29-2)24-21(26-8-4-5-14(12-26)13-27)25-20(16)23-15-6-3-7-22-11-15/h9-10,14-15,22,27H,3-8,11-13H2,1-2H3,(H,23,24,25)/t14?,15-/m0/s1. The second kappa shape index (κ2) is 9.00. The summed E-state index contributed by atoms with van der Waals surface area (Å²) in [4.78, 5) is 11.9. The number of anilines is 2. The van der Waals surface area contributed by atoms with Gasteiger partial charge in [0, 0.05) is 43.7 Å². The van der Waals surface area contributed by atoms with Crippen LogP contribution in [-0.4, -0.2) is 68.1 Å². The molecule has 2 fully saturated rings. The molecule has 8 nitrogen and oxygen atoms in total. The molecule has 0 aliphatic carbocycles. The molecule has 2 saturated heterocycles. The minimum Gasteiger partial charge on any atom is -0.493 e. The molecule has 0 radical (unpaired) electrons. The molecule has 2 aliphatic rings. The van der Waals surface area contributed by atoms with Crippen LogP contribution in [0.5, 0.6) is 11.5 Å². The summed E-state index contributed by atoms with van der Waals surface area (Å²) in [5, 5.41) is 17.6. The summed E-state index contributed by atoms with van der Waals surface area (Å²) in [5.41, 5.74) is 0.824. The molecule has 0 saturated carbocycles. The number of hydrogen-bond donors (Lipinski definition) is 3. The van der Waals surface area contributed by atoms with Gasteiger partial charge in [0.25, 0.3) is 0 Å². The Morgan fingerprint density at radius 1 is 1.17 bits per heavy atom. The highest BCUT2D eigenvalue weighted by molar-refractivity contribution is 5.93. The quantitative estimate of drug-likeness (QED) is 0.677. The zero-order valence-corrected chi connectivity index (χ0v) is 17.3. The first-order valence-corrected chi connectivity index (χ1v) is 10.5. The highest BCUT2D eigenvalue weighted by Gasteiger charge is 2.24. The molecule has 0 bridgehead atoms.